The van der Waals surface area contributed by atoms with Gasteiger partial charge < -0.3 is 14.9 Å². The molecule has 1 heterocycles. The van der Waals surface area contributed by atoms with Crippen molar-refractivity contribution in [3.63, 3.8) is 0 Å². The van der Waals surface area contributed by atoms with Crippen LogP contribution in [-0.2, 0) is 9.53 Å². The molecule has 1 amide bonds. The highest BCUT2D eigenvalue weighted by Crippen LogP contribution is 2.17. The minimum atomic E-state index is -2.45. The summed E-state index contributed by atoms with van der Waals surface area (Å²) in [4.78, 5) is 11.0. The molecule has 70 valence electrons. The van der Waals surface area contributed by atoms with Crippen LogP contribution < -0.4 is 5.43 Å². The second-order valence-corrected chi connectivity index (χ2v) is 2.55. The summed E-state index contributed by atoms with van der Waals surface area (Å²) in [5.41, 5.74) is 2.46. The molecule has 0 aromatic heterocycles. The third-order valence-electron chi connectivity index (χ3n) is 1.63. The van der Waals surface area contributed by atoms with Crippen LogP contribution in [0.3, 0.4) is 0 Å². The predicted molar refractivity (Wildman–Crippen MR) is 38.5 cm³/mol. The van der Waals surface area contributed by atoms with E-state index in [1.165, 1.54) is 7.05 Å². The molecule has 0 saturated carbocycles. The van der Waals surface area contributed by atoms with Gasteiger partial charge in [-0.2, -0.15) is 5.43 Å². The van der Waals surface area contributed by atoms with E-state index >= 15 is 0 Å². The lowest BCUT2D eigenvalue weighted by Crippen LogP contribution is -2.48. The van der Waals surface area contributed by atoms with Gasteiger partial charge in [0, 0.05) is 13.7 Å². The molecule has 0 aromatic rings. The molecule has 0 spiro atoms. The Hall–Kier alpha value is -0.690. The molecule has 12 heavy (non-hydrogen) atoms. The van der Waals surface area contributed by atoms with E-state index in [1.54, 1.807) is 6.92 Å². The Morgan fingerprint density at radius 3 is 2.67 bits per heavy atom. The van der Waals surface area contributed by atoms with E-state index in [1.807, 2.05) is 0 Å². The number of nitrogens with zero attached hydrogens (tertiary/aromatic N) is 1. The standard InChI is InChI=1S/C6H12N2O4/c1-3-12-4-6(10,11)5(9)8(2)7-4/h4,7,10-11H,3H2,1-2H3. The van der Waals surface area contributed by atoms with E-state index in [0.717, 1.165) is 5.01 Å². The number of likely N-dealkylation sites (N-methyl/N-ethyl adjacent to an activating group) is 1. The molecule has 0 radical (unpaired) electrons. The highest BCUT2D eigenvalue weighted by Gasteiger charge is 2.51. The second kappa shape index (κ2) is 2.98. The average Bonchev–Trinajstić information content (AvgIpc) is 2.17. The van der Waals surface area contributed by atoms with Crippen molar-refractivity contribution in [3.8, 4) is 0 Å². The van der Waals surface area contributed by atoms with Gasteiger partial charge in [-0.1, -0.05) is 0 Å². The predicted octanol–water partition coefficient (Wildman–Crippen LogP) is -1.99. The fraction of sp³-hybridized carbons (Fsp3) is 0.833. The van der Waals surface area contributed by atoms with Crippen molar-refractivity contribution in [2.75, 3.05) is 13.7 Å². The van der Waals surface area contributed by atoms with Gasteiger partial charge in [0.1, 0.15) is 0 Å². The zero-order chi connectivity index (χ0) is 9.35. The molecular weight excluding hydrogens is 164 g/mol. The molecule has 1 saturated heterocycles. The van der Waals surface area contributed by atoms with Gasteiger partial charge in [0.15, 0.2) is 6.23 Å². The first-order valence-electron chi connectivity index (χ1n) is 3.60. The lowest BCUT2D eigenvalue weighted by atomic mass is 10.2. The Kier molecular flexibility index (Phi) is 2.34. The molecule has 1 fully saturated rings. The Morgan fingerprint density at radius 1 is 1.75 bits per heavy atom. The molecule has 1 atom stereocenters. The third kappa shape index (κ3) is 1.29. The van der Waals surface area contributed by atoms with Crippen LogP contribution in [0.2, 0.25) is 0 Å². The van der Waals surface area contributed by atoms with Gasteiger partial charge in [-0.25, -0.2) is 0 Å². The lowest BCUT2D eigenvalue weighted by molar-refractivity contribution is -0.219. The molecule has 6 nitrogen and oxygen atoms in total. The summed E-state index contributed by atoms with van der Waals surface area (Å²) in [7, 11) is 1.39. The molecule has 0 aliphatic carbocycles. The number of carbonyl (C=O) groups is 1. The highest BCUT2D eigenvalue weighted by molar-refractivity contribution is 5.85. The molecular formula is C6H12N2O4. The maximum absolute atomic E-state index is 11.0. The number of aliphatic hydroxyl groups is 2. The zero-order valence-corrected chi connectivity index (χ0v) is 6.94. The van der Waals surface area contributed by atoms with E-state index < -0.39 is 17.9 Å². The van der Waals surface area contributed by atoms with E-state index in [4.69, 9.17) is 4.74 Å². The minimum absolute atomic E-state index is 0.293. The quantitative estimate of drug-likeness (QED) is 0.424. The average molecular weight is 176 g/mol. The summed E-state index contributed by atoms with van der Waals surface area (Å²) in [5, 5.41) is 19.4. The monoisotopic (exact) mass is 176 g/mol. The Labute approximate surface area is 69.7 Å². The van der Waals surface area contributed by atoms with Gasteiger partial charge in [-0.3, -0.25) is 9.80 Å². The summed E-state index contributed by atoms with van der Waals surface area (Å²) >= 11 is 0. The molecule has 0 bridgehead atoms. The molecule has 6 heteroatoms. The summed E-state index contributed by atoms with van der Waals surface area (Å²) in [6.45, 7) is 1.99. The Balaban J connectivity index is 2.73. The third-order valence-corrected chi connectivity index (χ3v) is 1.63. The maximum Gasteiger partial charge on any atom is 0.300 e. The van der Waals surface area contributed by atoms with E-state index in [0.29, 0.717) is 6.61 Å². The number of amides is 1. The Morgan fingerprint density at radius 2 is 2.33 bits per heavy atom. The zero-order valence-electron chi connectivity index (χ0n) is 6.94. The Bertz CT molecular complexity index is 194. The first kappa shape index (κ1) is 9.40. The molecule has 1 aliphatic heterocycles. The number of hydrogen-bond acceptors (Lipinski definition) is 5. The summed E-state index contributed by atoms with van der Waals surface area (Å²) in [6, 6.07) is 0. The largest absolute Gasteiger partial charge is 0.356 e. The fourth-order valence-corrected chi connectivity index (χ4v) is 1.00. The van der Waals surface area contributed by atoms with Crippen molar-refractivity contribution in [2.45, 2.75) is 18.9 Å². The van der Waals surface area contributed by atoms with E-state index in [2.05, 4.69) is 5.43 Å². The van der Waals surface area contributed by atoms with Gasteiger partial charge in [0.05, 0.1) is 0 Å². The molecule has 1 aliphatic rings. The first-order valence-corrected chi connectivity index (χ1v) is 3.60. The smallest absolute Gasteiger partial charge is 0.300 e. The van der Waals surface area contributed by atoms with Crippen LogP contribution in [0.15, 0.2) is 0 Å². The van der Waals surface area contributed by atoms with Crippen molar-refractivity contribution in [1.82, 2.24) is 10.4 Å². The number of carbonyl (C=O) groups excluding carboxylic acids is 1. The molecule has 3 N–H and O–H groups in total. The van der Waals surface area contributed by atoms with Crippen LogP contribution in [0.1, 0.15) is 6.92 Å². The number of ether oxygens (including phenoxy) is 1. The van der Waals surface area contributed by atoms with Crippen molar-refractivity contribution < 1.29 is 19.7 Å². The van der Waals surface area contributed by atoms with Crippen molar-refractivity contribution >= 4 is 5.91 Å². The van der Waals surface area contributed by atoms with Crippen LogP contribution >= 0.6 is 0 Å². The number of rotatable bonds is 2. The van der Waals surface area contributed by atoms with Crippen LogP contribution in [0.25, 0.3) is 0 Å². The normalized spacial score (nSPS) is 28.2. The number of hydrazine groups is 1. The fourth-order valence-electron chi connectivity index (χ4n) is 1.00. The van der Waals surface area contributed by atoms with Crippen LogP contribution in [-0.4, -0.2) is 46.8 Å². The van der Waals surface area contributed by atoms with Gasteiger partial charge >= 0.3 is 5.91 Å². The maximum atomic E-state index is 11.0. The lowest BCUT2D eigenvalue weighted by Gasteiger charge is -2.18. The van der Waals surface area contributed by atoms with Crippen molar-refractivity contribution in [1.29, 1.82) is 0 Å². The summed E-state index contributed by atoms with van der Waals surface area (Å²) in [5.74, 6) is -3.27. The van der Waals surface area contributed by atoms with Gasteiger partial charge in [0.25, 0.3) is 5.79 Å². The number of hydrogen-bond donors (Lipinski definition) is 3. The SMILES string of the molecule is CCOC1NN(C)C(=O)C1(O)O. The van der Waals surface area contributed by atoms with Crippen LogP contribution in [0.5, 0.6) is 0 Å². The molecule has 1 unspecified atom stereocenters. The second-order valence-electron chi connectivity index (χ2n) is 2.55. The molecule has 0 aromatic carbocycles. The topological polar surface area (TPSA) is 82.0 Å². The van der Waals surface area contributed by atoms with Gasteiger partial charge in [0.2, 0.25) is 0 Å². The summed E-state index contributed by atoms with van der Waals surface area (Å²) in [6.07, 6.45) is -1.08. The minimum Gasteiger partial charge on any atom is -0.356 e. The number of nitrogens with one attached hydrogen (secondary N) is 1. The first-order chi connectivity index (χ1) is 5.50. The van der Waals surface area contributed by atoms with E-state index in [9.17, 15) is 15.0 Å². The van der Waals surface area contributed by atoms with Crippen molar-refractivity contribution in [2.24, 2.45) is 0 Å². The van der Waals surface area contributed by atoms with E-state index in [-0.39, 0.29) is 0 Å². The van der Waals surface area contributed by atoms with Gasteiger partial charge in [-0.05, 0) is 6.92 Å². The van der Waals surface area contributed by atoms with Gasteiger partial charge in [-0.15, -0.1) is 0 Å². The molecule has 1 rings (SSSR count). The van der Waals surface area contributed by atoms with Crippen molar-refractivity contribution in [3.05, 3.63) is 0 Å². The highest BCUT2D eigenvalue weighted by atomic mass is 16.6. The van der Waals surface area contributed by atoms with Crippen LogP contribution in [0, 0.1) is 0 Å². The summed E-state index contributed by atoms with van der Waals surface area (Å²) < 4.78 is 4.89. The van der Waals surface area contributed by atoms with Crippen LogP contribution in [0.4, 0.5) is 0 Å².